The second kappa shape index (κ2) is 8.21. The highest BCUT2D eigenvalue weighted by Gasteiger charge is 2.34. The van der Waals surface area contributed by atoms with Gasteiger partial charge in [-0.1, -0.05) is 17.3 Å². The maximum Gasteiger partial charge on any atom is 0.231 e. The third-order valence-corrected chi connectivity index (χ3v) is 5.68. The van der Waals surface area contributed by atoms with Crippen LogP contribution in [-0.4, -0.2) is 50.4 Å². The Bertz CT molecular complexity index is 910. The average molecular weight is 398 g/mol. The molecule has 2 aromatic rings. The molecule has 2 aliphatic rings. The zero-order valence-electron chi connectivity index (χ0n) is 17.0. The van der Waals surface area contributed by atoms with E-state index < -0.39 is 0 Å². The minimum absolute atomic E-state index is 0.0207. The molecule has 2 heterocycles. The first-order valence-electron chi connectivity index (χ1n) is 9.67. The van der Waals surface area contributed by atoms with E-state index in [1.54, 1.807) is 14.2 Å². The molecule has 0 fully saturated rings. The van der Waals surface area contributed by atoms with Crippen molar-refractivity contribution in [2.75, 3.05) is 34.6 Å². The molecule has 0 radical (unpaired) electrons. The molecule has 0 saturated carbocycles. The van der Waals surface area contributed by atoms with Crippen molar-refractivity contribution in [1.29, 1.82) is 0 Å². The molecule has 4 rings (SSSR count). The topological polar surface area (TPSA) is 72.8 Å². The van der Waals surface area contributed by atoms with Crippen molar-refractivity contribution >= 4 is 5.71 Å². The Balaban J connectivity index is 1.63. The molecule has 154 valence electrons. The van der Waals surface area contributed by atoms with E-state index in [1.165, 1.54) is 5.56 Å². The average Bonchev–Trinajstić information content (AvgIpc) is 3.22. The first-order valence-corrected chi connectivity index (χ1v) is 9.67. The predicted octanol–water partition coefficient (Wildman–Crippen LogP) is 3.42. The SMILES string of the molecule is COc1ccc(C/C(C[C@H]2c3c(cc4c(c3OC)OCO4)CCN2C)=N\O)cc1. The molecule has 0 unspecified atom stereocenters. The highest BCUT2D eigenvalue weighted by molar-refractivity contribution is 5.87. The van der Waals surface area contributed by atoms with Crippen molar-refractivity contribution in [3.63, 3.8) is 0 Å². The Hall–Kier alpha value is -2.93. The highest BCUT2D eigenvalue weighted by Crippen LogP contribution is 2.50. The summed E-state index contributed by atoms with van der Waals surface area (Å²) in [5.74, 6) is 2.91. The first-order chi connectivity index (χ1) is 14.1. The van der Waals surface area contributed by atoms with E-state index in [2.05, 4.69) is 23.2 Å². The van der Waals surface area contributed by atoms with Crippen LogP contribution in [0.25, 0.3) is 0 Å². The van der Waals surface area contributed by atoms with Crippen molar-refractivity contribution in [2.24, 2.45) is 5.16 Å². The second-order valence-corrected chi connectivity index (χ2v) is 7.36. The Labute approximate surface area is 170 Å². The fraction of sp³-hybridized carbons (Fsp3) is 0.409. The number of methoxy groups -OCH3 is 2. The first kappa shape index (κ1) is 19.4. The summed E-state index contributed by atoms with van der Waals surface area (Å²) in [5.41, 5.74) is 4.05. The van der Waals surface area contributed by atoms with E-state index in [0.717, 1.165) is 35.6 Å². The van der Waals surface area contributed by atoms with E-state index in [4.69, 9.17) is 18.9 Å². The number of nitrogens with zero attached hydrogens (tertiary/aromatic N) is 2. The molecule has 0 saturated heterocycles. The van der Waals surface area contributed by atoms with Crippen LogP contribution in [-0.2, 0) is 12.8 Å². The van der Waals surface area contributed by atoms with Gasteiger partial charge in [-0.2, -0.15) is 0 Å². The number of fused-ring (bicyclic) bond motifs is 2. The van der Waals surface area contributed by atoms with Crippen molar-refractivity contribution in [2.45, 2.75) is 25.3 Å². The maximum atomic E-state index is 9.70. The van der Waals surface area contributed by atoms with Gasteiger partial charge < -0.3 is 24.2 Å². The summed E-state index contributed by atoms with van der Waals surface area (Å²) >= 11 is 0. The van der Waals surface area contributed by atoms with Crippen LogP contribution in [0.5, 0.6) is 23.0 Å². The Morgan fingerprint density at radius 3 is 2.69 bits per heavy atom. The minimum atomic E-state index is 0.0207. The van der Waals surface area contributed by atoms with Crippen LogP contribution >= 0.6 is 0 Å². The molecule has 0 aliphatic carbocycles. The Morgan fingerprint density at radius 2 is 2.00 bits per heavy atom. The van der Waals surface area contributed by atoms with Gasteiger partial charge in [-0.15, -0.1) is 0 Å². The van der Waals surface area contributed by atoms with Gasteiger partial charge in [0.05, 0.1) is 19.9 Å². The van der Waals surface area contributed by atoms with Gasteiger partial charge in [-0.25, -0.2) is 0 Å². The molecule has 1 atom stereocenters. The van der Waals surface area contributed by atoms with Crippen LogP contribution in [0.3, 0.4) is 0 Å². The van der Waals surface area contributed by atoms with Crippen molar-refractivity contribution < 1.29 is 24.2 Å². The summed E-state index contributed by atoms with van der Waals surface area (Å²) < 4.78 is 22.2. The van der Waals surface area contributed by atoms with Gasteiger partial charge >= 0.3 is 0 Å². The molecule has 29 heavy (non-hydrogen) atoms. The molecular formula is C22H26N2O5. The number of hydrogen-bond donors (Lipinski definition) is 1. The molecule has 0 aromatic heterocycles. The summed E-state index contributed by atoms with van der Waals surface area (Å²) in [4.78, 5) is 2.27. The van der Waals surface area contributed by atoms with Gasteiger partial charge in [-0.05, 0) is 42.8 Å². The number of oxime groups is 1. The lowest BCUT2D eigenvalue weighted by molar-refractivity contribution is 0.170. The third kappa shape index (κ3) is 3.70. The molecule has 2 aromatic carbocycles. The quantitative estimate of drug-likeness (QED) is 0.457. The van der Waals surface area contributed by atoms with Crippen LogP contribution in [0.1, 0.15) is 29.2 Å². The molecular weight excluding hydrogens is 372 g/mol. The number of benzene rings is 2. The monoisotopic (exact) mass is 398 g/mol. The molecule has 7 heteroatoms. The lowest BCUT2D eigenvalue weighted by Crippen LogP contribution is -2.34. The van der Waals surface area contributed by atoms with Crippen LogP contribution in [0.15, 0.2) is 35.5 Å². The van der Waals surface area contributed by atoms with Gasteiger partial charge in [0.25, 0.3) is 0 Å². The third-order valence-electron chi connectivity index (χ3n) is 5.68. The summed E-state index contributed by atoms with van der Waals surface area (Å²) in [6.45, 7) is 1.11. The van der Waals surface area contributed by atoms with Crippen LogP contribution in [0, 0.1) is 0 Å². The highest BCUT2D eigenvalue weighted by atomic mass is 16.7. The van der Waals surface area contributed by atoms with Gasteiger partial charge in [0.2, 0.25) is 12.5 Å². The molecule has 7 nitrogen and oxygen atoms in total. The van der Waals surface area contributed by atoms with E-state index in [-0.39, 0.29) is 12.8 Å². The van der Waals surface area contributed by atoms with Gasteiger partial charge in [-0.3, -0.25) is 4.90 Å². The summed E-state index contributed by atoms with van der Waals surface area (Å²) in [6, 6.07) is 9.88. The normalized spacial score (nSPS) is 18.4. The van der Waals surface area contributed by atoms with Crippen molar-refractivity contribution in [1.82, 2.24) is 4.90 Å². The van der Waals surface area contributed by atoms with Crippen molar-refractivity contribution in [3.05, 3.63) is 47.0 Å². The summed E-state index contributed by atoms with van der Waals surface area (Å²) in [7, 11) is 5.38. The number of likely N-dealkylation sites (N-methyl/N-ethyl adjacent to an activating group) is 1. The number of ether oxygens (including phenoxy) is 4. The maximum absolute atomic E-state index is 9.70. The van der Waals surface area contributed by atoms with Crippen LogP contribution in [0.2, 0.25) is 0 Å². The van der Waals surface area contributed by atoms with Gasteiger partial charge in [0.15, 0.2) is 11.5 Å². The van der Waals surface area contributed by atoms with E-state index in [0.29, 0.717) is 30.1 Å². The van der Waals surface area contributed by atoms with Gasteiger partial charge in [0.1, 0.15) is 5.75 Å². The van der Waals surface area contributed by atoms with E-state index in [9.17, 15) is 5.21 Å². The van der Waals surface area contributed by atoms with E-state index in [1.807, 2.05) is 24.3 Å². The fourth-order valence-electron chi connectivity index (χ4n) is 4.13. The smallest absolute Gasteiger partial charge is 0.231 e. The number of rotatable bonds is 6. The van der Waals surface area contributed by atoms with Crippen molar-refractivity contribution in [3.8, 4) is 23.0 Å². The van der Waals surface area contributed by atoms with Crippen LogP contribution < -0.4 is 18.9 Å². The molecule has 1 N–H and O–H groups in total. The second-order valence-electron chi connectivity index (χ2n) is 7.36. The zero-order valence-corrected chi connectivity index (χ0v) is 17.0. The van der Waals surface area contributed by atoms with Gasteiger partial charge in [0, 0.05) is 31.0 Å². The largest absolute Gasteiger partial charge is 0.497 e. The fourth-order valence-corrected chi connectivity index (χ4v) is 4.13. The lowest BCUT2D eigenvalue weighted by atomic mass is 9.87. The number of hydrogen-bond acceptors (Lipinski definition) is 7. The lowest BCUT2D eigenvalue weighted by Gasteiger charge is -2.36. The Morgan fingerprint density at radius 1 is 1.21 bits per heavy atom. The summed E-state index contributed by atoms with van der Waals surface area (Å²) in [5, 5.41) is 13.3. The predicted molar refractivity (Wildman–Crippen MR) is 109 cm³/mol. The van der Waals surface area contributed by atoms with E-state index >= 15 is 0 Å². The molecule has 0 spiro atoms. The molecule has 0 bridgehead atoms. The standard InChI is InChI=1S/C22H26N2O5/c1-24-9-8-15-11-19-21(29-13-28-19)22(27-3)20(15)18(24)12-16(23-25)10-14-4-6-17(26-2)7-5-14/h4-7,11,18,25H,8-10,12-13H2,1-3H3/b23-16+/t18-/m0/s1. The zero-order chi connectivity index (χ0) is 20.4. The molecule has 0 amide bonds. The molecule has 2 aliphatic heterocycles. The minimum Gasteiger partial charge on any atom is -0.497 e. The van der Waals surface area contributed by atoms with Crippen LogP contribution in [0.4, 0.5) is 0 Å². The summed E-state index contributed by atoms with van der Waals surface area (Å²) in [6.07, 6.45) is 2.05. The Kier molecular flexibility index (Phi) is 5.49.